The standard InChI is InChI=1S/C33H33ClN2O3/c1-21(33(38)39)23-8-6-22(7-9-23)20-30(32(37)36-27-16-14-26(34)15-17-27)25-12-10-24(11-13-25)28-18-19-35-31-5-3-2-4-29(28)31/h2-9,14-19,21,24-25,30H,10-13,20H2,1H3,(H,36,37)(H,38,39)/t21?,24-,25+,30-/m1/s1. The molecule has 1 saturated carbocycles. The van der Waals surface area contributed by atoms with Gasteiger partial charge in [-0.25, -0.2) is 0 Å². The van der Waals surface area contributed by atoms with Crippen molar-refractivity contribution in [1.82, 2.24) is 4.98 Å². The number of nitrogens with one attached hydrogen (secondary N) is 1. The van der Waals surface area contributed by atoms with Crippen LogP contribution >= 0.6 is 11.6 Å². The van der Waals surface area contributed by atoms with Gasteiger partial charge in [-0.2, -0.15) is 0 Å². The molecule has 1 aromatic heterocycles. The average molecular weight is 541 g/mol. The van der Waals surface area contributed by atoms with Crippen LogP contribution in [0.1, 0.15) is 61.1 Å². The Morgan fingerprint density at radius 2 is 1.64 bits per heavy atom. The Morgan fingerprint density at radius 3 is 2.33 bits per heavy atom. The molecule has 200 valence electrons. The first-order valence-electron chi connectivity index (χ1n) is 13.6. The third-order valence-electron chi connectivity index (χ3n) is 8.22. The van der Waals surface area contributed by atoms with E-state index in [9.17, 15) is 14.7 Å². The van der Waals surface area contributed by atoms with Gasteiger partial charge < -0.3 is 10.4 Å². The number of benzene rings is 3. The Balaban J connectivity index is 1.34. The summed E-state index contributed by atoms with van der Waals surface area (Å²) in [6, 6.07) is 25.3. The van der Waals surface area contributed by atoms with Gasteiger partial charge in [0, 0.05) is 28.2 Å². The number of carbonyl (C=O) groups is 2. The quantitative estimate of drug-likeness (QED) is 0.238. The first-order chi connectivity index (χ1) is 18.9. The number of aliphatic carboxylic acids is 1. The molecule has 2 N–H and O–H groups in total. The van der Waals surface area contributed by atoms with Crippen molar-refractivity contribution in [2.75, 3.05) is 5.32 Å². The fraction of sp³-hybridized carbons (Fsp3) is 0.303. The number of anilines is 1. The van der Waals surface area contributed by atoms with Crippen molar-refractivity contribution < 1.29 is 14.7 Å². The summed E-state index contributed by atoms with van der Waals surface area (Å²) in [5.74, 6) is -0.897. The van der Waals surface area contributed by atoms with Gasteiger partial charge >= 0.3 is 5.97 Å². The summed E-state index contributed by atoms with van der Waals surface area (Å²) in [7, 11) is 0. The van der Waals surface area contributed by atoms with Gasteiger partial charge in [0.05, 0.1) is 11.4 Å². The summed E-state index contributed by atoms with van der Waals surface area (Å²) in [6.45, 7) is 1.68. The number of amides is 1. The summed E-state index contributed by atoms with van der Waals surface area (Å²) in [5, 5.41) is 14.3. The third kappa shape index (κ3) is 6.31. The highest BCUT2D eigenvalue weighted by Gasteiger charge is 2.33. The fourth-order valence-electron chi connectivity index (χ4n) is 5.89. The fourth-order valence-corrected chi connectivity index (χ4v) is 6.01. The molecule has 1 aliphatic carbocycles. The SMILES string of the molecule is CC(C(=O)O)c1ccc(C[C@@H](C(=O)Nc2ccc(Cl)cc2)[C@H]2CC[C@@H](c3ccnc4ccccc43)CC2)cc1. The Morgan fingerprint density at radius 1 is 0.949 bits per heavy atom. The van der Waals surface area contributed by atoms with Crippen molar-refractivity contribution in [3.8, 4) is 0 Å². The Labute approximate surface area is 234 Å². The van der Waals surface area contributed by atoms with E-state index in [1.807, 2.05) is 48.7 Å². The molecule has 0 spiro atoms. The van der Waals surface area contributed by atoms with Crippen molar-refractivity contribution in [2.45, 2.75) is 50.9 Å². The van der Waals surface area contributed by atoms with Crippen LogP contribution < -0.4 is 5.32 Å². The topological polar surface area (TPSA) is 79.3 Å². The number of fused-ring (bicyclic) bond motifs is 1. The monoisotopic (exact) mass is 540 g/mol. The second-order valence-corrected chi connectivity index (χ2v) is 11.1. The van der Waals surface area contributed by atoms with E-state index < -0.39 is 11.9 Å². The minimum atomic E-state index is -0.846. The molecule has 1 fully saturated rings. The van der Waals surface area contributed by atoms with Crippen molar-refractivity contribution in [3.63, 3.8) is 0 Å². The Hall–Kier alpha value is -3.70. The van der Waals surface area contributed by atoms with E-state index in [1.54, 1.807) is 19.1 Å². The molecule has 6 heteroatoms. The molecule has 4 aromatic rings. The number of pyridine rings is 1. The van der Waals surface area contributed by atoms with Crippen LogP contribution in [0.15, 0.2) is 85.1 Å². The summed E-state index contributed by atoms with van der Waals surface area (Å²) >= 11 is 6.04. The number of hydrogen-bond donors (Lipinski definition) is 2. The maximum atomic E-state index is 13.7. The van der Waals surface area contributed by atoms with Crippen LogP contribution in [0.25, 0.3) is 10.9 Å². The van der Waals surface area contributed by atoms with Gasteiger partial charge in [0.15, 0.2) is 0 Å². The van der Waals surface area contributed by atoms with Crippen molar-refractivity contribution in [3.05, 3.63) is 107 Å². The van der Waals surface area contributed by atoms with Gasteiger partial charge in [0.1, 0.15) is 0 Å². The van der Waals surface area contributed by atoms with E-state index in [4.69, 9.17) is 11.6 Å². The lowest BCUT2D eigenvalue weighted by atomic mass is 9.71. The summed E-state index contributed by atoms with van der Waals surface area (Å²) in [6.07, 6.45) is 6.49. The molecular weight excluding hydrogens is 508 g/mol. The van der Waals surface area contributed by atoms with E-state index >= 15 is 0 Å². The Bertz CT molecular complexity index is 1440. The molecule has 39 heavy (non-hydrogen) atoms. The number of carboxylic acid groups (broad SMARTS) is 1. The molecule has 5 rings (SSSR count). The van der Waals surface area contributed by atoms with Crippen molar-refractivity contribution >= 4 is 40.1 Å². The van der Waals surface area contributed by atoms with E-state index in [2.05, 4.69) is 34.6 Å². The molecule has 1 heterocycles. The first kappa shape index (κ1) is 26.9. The number of rotatable bonds is 8. The molecule has 0 saturated heterocycles. The second-order valence-electron chi connectivity index (χ2n) is 10.6. The van der Waals surface area contributed by atoms with Gasteiger partial charge in [0.25, 0.3) is 0 Å². The van der Waals surface area contributed by atoms with Gasteiger partial charge in [-0.3, -0.25) is 14.6 Å². The molecule has 0 radical (unpaired) electrons. The molecular formula is C33H33ClN2O3. The summed E-state index contributed by atoms with van der Waals surface area (Å²) < 4.78 is 0. The van der Waals surface area contributed by atoms with Crippen molar-refractivity contribution in [2.24, 2.45) is 11.8 Å². The number of carbonyl (C=O) groups excluding carboxylic acids is 1. The van der Waals surface area contributed by atoms with Gasteiger partial charge in [-0.05, 0) is 104 Å². The lowest BCUT2D eigenvalue weighted by molar-refractivity contribution is -0.138. The highest BCUT2D eigenvalue weighted by atomic mass is 35.5. The predicted molar refractivity (Wildman–Crippen MR) is 156 cm³/mol. The number of hydrogen-bond acceptors (Lipinski definition) is 3. The van der Waals surface area contributed by atoms with Gasteiger partial charge in [-0.1, -0.05) is 54.1 Å². The first-order valence-corrected chi connectivity index (χ1v) is 14.0. The zero-order valence-corrected chi connectivity index (χ0v) is 22.8. The highest BCUT2D eigenvalue weighted by molar-refractivity contribution is 6.30. The van der Waals surface area contributed by atoms with Crippen LogP contribution in [0.3, 0.4) is 0 Å². The number of halogens is 1. The van der Waals surface area contributed by atoms with Crippen LogP contribution in [-0.2, 0) is 16.0 Å². The van der Waals surface area contributed by atoms with Crippen LogP contribution in [0.5, 0.6) is 0 Å². The molecule has 1 amide bonds. The van der Waals surface area contributed by atoms with Crippen LogP contribution in [0, 0.1) is 11.8 Å². The number of nitrogens with zero attached hydrogens (tertiary/aromatic N) is 1. The predicted octanol–water partition coefficient (Wildman–Crippen LogP) is 7.85. The van der Waals surface area contributed by atoms with Crippen LogP contribution in [-0.4, -0.2) is 22.0 Å². The van der Waals surface area contributed by atoms with Crippen LogP contribution in [0.2, 0.25) is 5.02 Å². The minimum Gasteiger partial charge on any atom is -0.481 e. The highest BCUT2D eigenvalue weighted by Crippen LogP contribution is 2.41. The van der Waals surface area contributed by atoms with E-state index in [0.717, 1.165) is 48.0 Å². The largest absolute Gasteiger partial charge is 0.481 e. The van der Waals surface area contributed by atoms with Crippen LogP contribution in [0.4, 0.5) is 5.69 Å². The van der Waals surface area contributed by atoms with E-state index in [0.29, 0.717) is 17.4 Å². The molecule has 1 aliphatic rings. The second kappa shape index (κ2) is 12.0. The normalized spacial score (nSPS) is 18.8. The average Bonchev–Trinajstić information content (AvgIpc) is 2.97. The minimum absolute atomic E-state index is 0.0121. The molecule has 2 atom stereocenters. The molecule has 0 bridgehead atoms. The van der Waals surface area contributed by atoms with Gasteiger partial charge in [0.2, 0.25) is 5.91 Å². The smallest absolute Gasteiger partial charge is 0.310 e. The third-order valence-corrected chi connectivity index (χ3v) is 8.47. The molecule has 1 unspecified atom stereocenters. The lowest BCUT2D eigenvalue weighted by Crippen LogP contribution is -2.33. The maximum absolute atomic E-state index is 13.7. The van der Waals surface area contributed by atoms with Gasteiger partial charge in [-0.15, -0.1) is 0 Å². The zero-order chi connectivity index (χ0) is 27.4. The number of para-hydroxylation sites is 1. The molecule has 3 aromatic carbocycles. The number of aromatic nitrogens is 1. The Kier molecular flexibility index (Phi) is 8.27. The van der Waals surface area contributed by atoms with E-state index in [1.165, 1.54) is 10.9 Å². The zero-order valence-electron chi connectivity index (χ0n) is 22.0. The summed E-state index contributed by atoms with van der Waals surface area (Å²) in [5.41, 5.74) is 4.91. The lowest BCUT2D eigenvalue weighted by Gasteiger charge is -2.34. The van der Waals surface area contributed by atoms with E-state index in [-0.39, 0.29) is 17.7 Å². The van der Waals surface area contributed by atoms with Crippen molar-refractivity contribution in [1.29, 1.82) is 0 Å². The molecule has 0 aliphatic heterocycles. The summed E-state index contributed by atoms with van der Waals surface area (Å²) in [4.78, 5) is 29.6. The molecule has 5 nitrogen and oxygen atoms in total. The maximum Gasteiger partial charge on any atom is 0.310 e. The number of carboxylic acids is 1.